The van der Waals surface area contributed by atoms with E-state index in [0.29, 0.717) is 0 Å². The lowest BCUT2D eigenvalue weighted by atomic mass is 10.1. The normalized spacial score (nSPS) is 11.2. The van der Waals surface area contributed by atoms with E-state index < -0.39 is 0 Å². The molecule has 0 amide bonds. The highest BCUT2D eigenvalue weighted by atomic mass is 35.5. The summed E-state index contributed by atoms with van der Waals surface area (Å²) in [6, 6.07) is 16.6. The van der Waals surface area contributed by atoms with Gasteiger partial charge in [-0.05, 0) is 61.5 Å². The third kappa shape index (κ3) is 6.54. The largest absolute Gasteiger partial charge is 0.493 e. The van der Waals surface area contributed by atoms with Gasteiger partial charge in [-0.1, -0.05) is 32.1 Å². The summed E-state index contributed by atoms with van der Waals surface area (Å²) in [4.78, 5) is 4.50. The maximum absolute atomic E-state index is 5.99. The fourth-order valence-electron chi connectivity index (χ4n) is 3.28. The van der Waals surface area contributed by atoms with E-state index in [2.05, 4.69) is 66.1 Å². The Hall–Kier alpha value is -2.43. The lowest BCUT2D eigenvalue weighted by Crippen LogP contribution is -2.25. The summed E-state index contributed by atoms with van der Waals surface area (Å²) in [5.41, 5.74) is 3.19. The van der Waals surface area contributed by atoms with E-state index >= 15 is 0 Å². The minimum atomic E-state index is 0. The van der Waals surface area contributed by atoms with Crippen molar-refractivity contribution in [1.82, 2.24) is 4.90 Å². The van der Waals surface area contributed by atoms with Gasteiger partial charge >= 0.3 is 0 Å². The molecule has 0 radical (unpaired) electrons. The number of ether oxygens (including phenoxy) is 1. The topological polar surface area (TPSA) is 28.9 Å². The number of fused-ring (bicyclic) bond motifs is 1. The number of rotatable bonds is 10. The van der Waals surface area contributed by atoms with Gasteiger partial charge in [0.15, 0.2) is 0 Å². The van der Waals surface area contributed by atoms with Gasteiger partial charge in [-0.25, -0.2) is 0 Å². The van der Waals surface area contributed by atoms with Crippen molar-refractivity contribution in [1.29, 1.82) is 0 Å². The second-order valence-corrected chi connectivity index (χ2v) is 7.40. The van der Waals surface area contributed by atoms with Crippen molar-refractivity contribution < 1.29 is 9.15 Å². The molecule has 0 aliphatic rings. The zero-order chi connectivity index (χ0) is 20.6. The molecule has 0 unspecified atom stereocenters. The quantitative estimate of drug-likeness (QED) is 0.359. The van der Waals surface area contributed by atoms with Crippen molar-refractivity contribution in [3.8, 4) is 5.75 Å². The van der Waals surface area contributed by atoms with Crippen molar-refractivity contribution in [2.45, 2.75) is 20.3 Å². The lowest BCUT2D eigenvalue weighted by molar-refractivity contribution is 0.249. The Morgan fingerprint density at radius 2 is 1.67 bits per heavy atom. The molecule has 0 spiro atoms. The maximum atomic E-state index is 5.99. The zero-order valence-corrected chi connectivity index (χ0v) is 19.2. The molecule has 0 fully saturated rings. The summed E-state index contributed by atoms with van der Waals surface area (Å²) in [7, 11) is 4.09. The minimum absolute atomic E-state index is 0. The molecule has 3 aromatic rings. The number of anilines is 1. The minimum Gasteiger partial charge on any atom is -0.493 e. The SMILES string of the molecule is CCN(CC)CCCOc1ccc2cc(/C=C/c3ccc(N(C)C)cc3)oc2c1.Cl. The molecule has 1 aromatic heterocycles. The van der Waals surface area contributed by atoms with Gasteiger partial charge < -0.3 is 19.0 Å². The number of benzene rings is 2. The first kappa shape index (κ1) is 23.8. The van der Waals surface area contributed by atoms with E-state index in [1.807, 2.05) is 32.3 Å². The highest BCUT2D eigenvalue weighted by molar-refractivity contribution is 5.85. The Balaban J connectivity index is 0.00000320. The van der Waals surface area contributed by atoms with E-state index in [1.54, 1.807) is 0 Å². The van der Waals surface area contributed by atoms with Crippen LogP contribution in [-0.2, 0) is 0 Å². The van der Waals surface area contributed by atoms with Crippen molar-refractivity contribution in [3.05, 3.63) is 59.9 Å². The molecule has 5 heteroatoms. The van der Waals surface area contributed by atoms with Crippen molar-refractivity contribution >= 4 is 41.2 Å². The van der Waals surface area contributed by atoms with Crippen LogP contribution in [0, 0.1) is 0 Å². The first-order valence-electron chi connectivity index (χ1n) is 10.4. The summed E-state index contributed by atoms with van der Waals surface area (Å²) < 4.78 is 11.9. The molecule has 3 rings (SSSR count). The van der Waals surface area contributed by atoms with E-state index in [0.717, 1.165) is 60.7 Å². The van der Waals surface area contributed by atoms with E-state index in [9.17, 15) is 0 Å². The number of furan rings is 1. The summed E-state index contributed by atoms with van der Waals surface area (Å²) in [6.07, 6.45) is 5.11. The van der Waals surface area contributed by atoms with Crippen LogP contribution in [0.1, 0.15) is 31.6 Å². The van der Waals surface area contributed by atoms with Gasteiger partial charge in [-0.2, -0.15) is 0 Å². The van der Waals surface area contributed by atoms with Crippen LogP contribution in [-0.4, -0.2) is 45.2 Å². The number of nitrogens with zero attached hydrogens (tertiary/aromatic N) is 2. The van der Waals surface area contributed by atoms with Crippen LogP contribution in [0.5, 0.6) is 5.75 Å². The third-order valence-corrected chi connectivity index (χ3v) is 5.14. The Kier molecular flexibility index (Phi) is 9.28. The summed E-state index contributed by atoms with van der Waals surface area (Å²) in [5, 5.41) is 1.09. The molecule has 1 heterocycles. The molecule has 2 aromatic carbocycles. The van der Waals surface area contributed by atoms with Crippen molar-refractivity contribution in [2.24, 2.45) is 0 Å². The highest BCUT2D eigenvalue weighted by Gasteiger charge is 2.05. The number of hydrogen-bond donors (Lipinski definition) is 0. The molecule has 162 valence electrons. The van der Waals surface area contributed by atoms with Crippen molar-refractivity contribution in [3.63, 3.8) is 0 Å². The Bertz CT molecular complexity index is 928. The number of hydrogen-bond acceptors (Lipinski definition) is 4. The van der Waals surface area contributed by atoms with Gasteiger partial charge in [0.1, 0.15) is 17.1 Å². The van der Waals surface area contributed by atoms with Crippen LogP contribution in [0.2, 0.25) is 0 Å². The standard InChI is InChI=1S/C25H32N2O2.ClH/c1-5-27(6-2)16-7-17-28-23-15-11-21-18-24(29-25(21)19-23)14-10-20-8-12-22(13-9-20)26(3)4;/h8-15,18-19H,5-7,16-17H2,1-4H3;1H/b14-10+;. The van der Waals surface area contributed by atoms with Crippen molar-refractivity contribution in [2.75, 3.05) is 45.2 Å². The molecule has 0 N–H and O–H groups in total. The fraction of sp³-hybridized carbons (Fsp3) is 0.360. The second kappa shape index (κ2) is 11.7. The molecule has 0 bridgehead atoms. The van der Waals surface area contributed by atoms with Gasteiger partial charge in [-0.15, -0.1) is 12.4 Å². The van der Waals surface area contributed by atoms with Crippen LogP contribution in [0.4, 0.5) is 5.69 Å². The predicted molar refractivity (Wildman–Crippen MR) is 131 cm³/mol. The van der Waals surface area contributed by atoms with Crippen LogP contribution in [0.25, 0.3) is 23.1 Å². The fourth-order valence-corrected chi connectivity index (χ4v) is 3.28. The second-order valence-electron chi connectivity index (χ2n) is 7.40. The van der Waals surface area contributed by atoms with E-state index in [4.69, 9.17) is 9.15 Å². The van der Waals surface area contributed by atoms with Gasteiger partial charge in [0, 0.05) is 37.8 Å². The molecular weight excluding hydrogens is 396 g/mol. The predicted octanol–water partition coefficient (Wildman–Crippen LogP) is 6.20. The highest BCUT2D eigenvalue weighted by Crippen LogP contribution is 2.25. The smallest absolute Gasteiger partial charge is 0.138 e. The average Bonchev–Trinajstić information content (AvgIpc) is 3.15. The first-order valence-corrected chi connectivity index (χ1v) is 10.4. The molecule has 0 aliphatic heterocycles. The first-order chi connectivity index (χ1) is 14.1. The summed E-state index contributed by atoms with van der Waals surface area (Å²) >= 11 is 0. The van der Waals surface area contributed by atoms with Crippen LogP contribution < -0.4 is 9.64 Å². The molecule has 4 nitrogen and oxygen atoms in total. The molecule has 0 saturated heterocycles. The van der Waals surface area contributed by atoms with Crippen LogP contribution in [0.3, 0.4) is 0 Å². The van der Waals surface area contributed by atoms with E-state index in [1.165, 1.54) is 5.69 Å². The summed E-state index contributed by atoms with van der Waals surface area (Å²) in [6.45, 7) is 8.36. The zero-order valence-electron chi connectivity index (χ0n) is 18.4. The summed E-state index contributed by atoms with van der Waals surface area (Å²) in [5.74, 6) is 1.71. The third-order valence-electron chi connectivity index (χ3n) is 5.14. The van der Waals surface area contributed by atoms with Crippen LogP contribution in [0.15, 0.2) is 52.9 Å². The number of halogens is 1. The average molecular weight is 429 g/mol. The van der Waals surface area contributed by atoms with Crippen LogP contribution >= 0.6 is 12.4 Å². The molecular formula is C25H33ClN2O2. The molecule has 0 atom stereocenters. The maximum Gasteiger partial charge on any atom is 0.138 e. The van der Waals surface area contributed by atoms with Gasteiger partial charge in [0.2, 0.25) is 0 Å². The van der Waals surface area contributed by atoms with Gasteiger partial charge in [-0.3, -0.25) is 0 Å². The van der Waals surface area contributed by atoms with Gasteiger partial charge in [0.25, 0.3) is 0 Å². The van der Waals surface area contributed by atoms with E-state index in [-0.39, 0.29) is 12.4 Å². The molecule has 0 saturated carbocycles. The van der Waals surface area contributed by atoms with Gasteiger partial charge in [0.05, 0.1) is 6.61 Å². The molecule has 0 aliphatic carbocycles. The Morgan fingerprint density at radius 1 is 0.933 bits per heavy atom. The lowest BCUT2D eigenvalue weighted by Gasteiger charge is -2.17. The monoisotopic (exact) mass is 428 g/mol. The Labute approximate surface area is 186 Å². The molecule has 30 heavy (non-hydrogen) atoms. The Morgan fingerprint density at radius 3 is 2.33 bits per heavy atom.